The number of nitrogens with one attached hydrogen (secondary N) is 1. The largest absolute Gasteiger partial charge is 0.312 e. The number of unbranched alkanes of at least 4 members (excludes halogenated alkanes) is 1. The molecule has 2 rings (SSSR count). The average molecular weight is 269 g/mol. The minimum absolute atomic E-state index is 0.824. The van der Waals surface area contributed by atoms with E-state index in [4.69, 9.17) is 0 Å². The molecule has 0 aliphatic heterocycles. The van der Waals surface area contributed by atoms with Crippen LogP contribution >= 0.6 is 0 Å². The predicted octanol–water partition coefficient (Wildman–Crippen LogP) is 5.15. The van der Waals surface area contributed by atoms with Crippen molar-refractivity contribution in [3.8, 4) is 0 Å². The van der Waals surface area contributed by atoms with Crippen molar-refractivity contribution in [1.29, 1.82) is 0 Å². The summed E-state index contributed by atoms with van der Waals surface area (Å²) >= 11 is 0. The monoisotopic (exact) mass is 269 g/mol. The van der Waals surface area contributed by atoms with E-state index in [9.17, 15) is 0 Å². The molecule has 1 atom stereocenters. The number of benzene rings is 2. The summed E-state index contributed by atoms with van der Waals surface area (Å²) in [6.45, 7) is 6.69. The minimum Gasteiger partial charge on any atom is -0.312 e. The molecular formula is C19H27N. The van der Waals surface area contributed by atoms with Gasteiger partial charge in [-0.25, -0.2) is 0 Å². The molecule has 108 valence electrons. The van der Waals surface area contributed by atoms with Crippen LogP contribution in [-0.2, 0) is 6.54 Å². The second-order valence-electron chi connectivity index (χ2n) is 5.69. The molecule has 2 aromatic carbocycles. The average Bonchev–Trinajstić information content (AvgIpc) is 2.51. The maximum absolute atomic E-state index is 3.65. The molecule has 0 radical (unpaired) electrons. The van der Waals surface area contributed by atoms with E-state index in [1.807, 2.05) is 0 Å². The summed E-state index contributed by atoms with van der Waals surface area (Å²) in [7, 11) is 0. The lowest BCUT2D eigenvalue weighted by Gasteiger charge is -2.16. The molecule has 0 saturated carbocycles. The molecule has 0 saturated heterocycles. The fourth-order valence-electron chi connectivity index (χ4n) is 2.80. The van der Waals surface area contributed by atoms with Gasteiger partial charge >= 0.3 is 0 Å². The summed E-state index contributed by atoms with van der Waals surface area (Å²) in [5.74, 6) is 0.824. The molecule has 0 unspecified atom stereocenters. The number of rotatable bonds is 8. The highest BCUT2D eigenvalue weighted by Crippen LogP contribution is 2.18. The Kier molecular flexibility index (Phi) is 6.07. The minimum atomic E-state index is 0.824. The van der Waals surface area contributed by atoms with Crippen LogP contribution in [0.3, 0.4) is 0 Å². The number of hydrogen-bond acceptors (Lipinski definition) is 1. The van der Waals surface area contributed by atoms with Gasteiger partial charge in [-0.1, -0.05) is 75.6 Å². The van der Waals surface area contributed by atoms with Crippen molar-refractivity contribution in [1.82, 2.24) is 5.32 Å². The Morgan fingerprint density at radius 1 is 1.00 bits per heavy atom. The van der Waals surface area contributed by atoms with Crippen LogP contribution in [0.25, 0.3) is 10.8 Å². The lowest BCUT2D eigenvalue weighted by atomic mass is 9.99. The topological polar surface area (TPSA) is 12.0 Å². The Labute approximate surface area is 123 Å². The Hall–Kier alpha value is -1.34. The van der Waals surface area contributed by atoms with Gasteiger partial charge in [-0.3, -0.25) is 0 Å². The first-order chi connectivity index (χ1) is 9.85. The van der Waals surface area contributed by atoms with Gasteiger partial charge in [0, 0.05) is 6.54 Å². The van der Waals surface area contributed by atoms with E-state index in [0.717, 1.165) is 19.0 Å². The maximum Gasteiger partial charge on any atom is 0.0211 e. The van der Waals surface area contributed by atoms with Gasteiger partial charge in [0.2, 0.25) is 0 Å². The van der Waals surface area contributed by atoms with Crippen LogP contribution in [0.4, 0.5) is 0 Å². The normalized spacial score (nSPS) is 12.7. The summed E-state index contributed by atoms with van der Waals surface area (Å²) in [5, 5.41) is 6.37. The Morgan fingerprint density at radius 3 is 2.60 bits per heavy atom. The Bertz CT molecular complexity index is 513. The van der Waals surface area contributed by atoms with Gasteiger partial charge in [0.15, 0.2) is 0 Å². The van der Waals surface area contributed by atoms with E-state index < -0.39 is 0 Å². The fourth-order valence-corrected chi connectivity index (χ4v) is 2.80. The maximum atomic E-state index is 3.65. The third-order valence-electron chi connectivity index (χ3n) is 4.17. The van der Waals surface area contributed by atoms with E-state index >= 15 is 0 Å². The second-order valence-corrected chi connectivity index (χ2v) is 5.69. The van der Waals surface area contributed by atoms with Gasteiger partial charge in [-0.2, -0.15) is 0 Å². The summed E-state index contributed by atoms with van der Waals surface area (Å²) in [6, 6.07) is 15.2. The number of hydrogen-bond donors (Lipinski definition) is 1. The quantitative estimate of drug-likeness (QED) is 0.699. The van der Waals surface area contributed by atoms with Crippen LogP contribution < -0.4 is 5.32 Å². The highest BCUT2D eigenvalue weighted by atomic mass is 14.9. The third-order valence-corrected chi connectivity index (χ3v) is 4.17. The summed E-state index contributed by atoms with van der Waals surface area (Å²) in [5.41, 5.74) is 1.41. The lowest BCUT2D eigenvalue weighted by Crippen LogP contribution is -2.22. The zero-order valence-corrected chi connectivity index (χ0v) is 12.9. The standard InChI is InChI=1S/C19H27N/c1-3-5-9-16(4-2)14-20-15-18-12-8-11-17-10-6-7-13-19(17)18/h6-8,10-13,16,20H,3-5,9,14-15H2,1-2H3/t16-/m0/s1. The zero-order chi connectivity index (χ0) is 14.2. The molecule has 0 amide bonds. The van der Waals surface area contributed by atoms with Gasteiger partial charge < -0.3 is 5.32 Å². The summed E-state index contributed by atoms with van der Waals surface area (Å²) in [6.07, 6.45) is 5.30. The molecule has 1 nitrogen and oxygen atoms in total. The van der Waals surface area contributed by atoms with Gasteiger partial charge in [-0.05, 0) is 35.2 Å². The molecule has 2 aromatic rings. The molecule has 20 heavy (non-hydrogen) atoms. The third kappa shape index (κ3) is 4.08. The van der Waals surface area contributed by atoms with Crippen molar-refractivity contribution in [2.45, 2.75) is 46.1 Å². The van der Waals surface area contributed by atoms with Gasteiger partial charge in [0.1, 0.15) is 0 Å². The van der Waals surface area contributed by atoms with Crippen molar-refractivity contribution in [2.75, 3.05) is 6.54 Å². The van der Waals surface area contributed by atoms with E-state index in [0.29, 0.717) is 0 Å². The molecule has 0 aliphatic rings. The summed E-state index contributed by atoms with van der Waals surface area (Å²) < 4.78 is 0. The van der Waals surface area contributed by atoms with Crippen LogP contribution in [0.2, 0.25) is 0 Å². The molecule has 1 N–H and O–H groups in total. The predicted molar refractivity (Wildman–Crippen MR) is 89.0 cm³/mol. The molecule has 0 aliphatic carbocycles. The van der Waals surface area contributed by atoms with Crippen LogP contribution in [0.15, 0.2) is 42.5 Å². The van der Waals surface area contributed by atoms with Crippen LogP contribution in [-0.4, -0.2) is 6.54 Å². The SMILES string of the molecule is CCCC[C@H](CC)CNCc1cccc2ccccc12. The van der Waals surface area contributed by atoms with Crippen molar-refractivity contribution >= 4 is 10.8 Å². The molecule has 1 heteroatoms. The molecule has 0 fully saturated rings. The van der Waals surface area contributed by atoms with Crippen molar-refractivity contribution in [2.24, 2.45) is 5.92 Å². The second kappa shape index (κ2) is 8.06. The fraction of sp³-hybridized carbons (Fsp3) is 0.474. The molecular weight excluding hydrogens is 242 g/mol. The summed E-state index contributed by atoms with van der Waals surface area (Å²) in [4.78, 5) is 0. The molecule has 0 aromatic heterocycles. The lowest BCUT2D eigenvalue weighted by molar-refractivity contribution is 0.419. The number of fused-ring (bicyclic) bond motifs is 1. The first kappa shape index (κ1) is 15.1. The van der Waals surface area contributed by atoms with Gasteiger partial charge in [0.25, 0.3) is 0 Å². The first-order valence-corrected chi connectivity index (χ1v) is 8.02. The zero-order valence-electron chi connectivity index (χ0n) is 12.9. The molecule has 0 bridgehead atoms. The smallest absolute Gasteiger partial charge is 0.0211 e. The molecule has 0 spiro atoms. The van der Waals surface area contributed by atoms with E-state index in [1.165, 1.54) is 42.0 Å². The molecule has 0 heterocycles. The van der Waals surface area contributed by atoms with E-state index in [2.05, 4.69) is 61.6 Å². The first-order valence-electron chi connectivity index (χ1n) is 8.02. The van der Waals surface area contributed by atoms with Crippen molar-refractivity contribution in [3.63, 3.8) is 0 Å². The highest BCUT2D eigenvalue weighted by molar-refractivity contribution is 5.85. The van der Waals surface area contributed by atoms with Crippen LogP contribution in [0.5, 0.6) is 0 Å². The van der Waals surface area contributed by atoms with Crippen molar-refractivity contribution in [3.05, 3.63) is 48.0 Å². The Balaban J connectivity index is 1.92. The van der Waals surface area contributed by atoms with Crippen LogP contribution in [0, 0.1) is 5.92 Å². The Morgan fingerprint density at radius 2 is 1.80 bits per heavy atom. The van der Waals surface area contributed by atoms with Gasteiger partial charge in [-0.15, -0.1) is 0 Å². The highest BCUT2D eigenvalue weighted by Gasteiger charge is 2.06. The van der Waals surface area contributed by atoms with Crippen molar-refractivity contribution < 1.29 is 0 Å². The van der Waals surface area contributed by atoms with Gasteiger partial charge in [0.05, 0.1) is 0 Å². The van der Waals surface area contributed by atoms with E-state index in [-0.39, 0.29) is 0 Å². The van der Waals surface area contributed by atoms with Crippen LogP contribution in [0.1, 0.15) is 45.1 Å². The van der Waals surface area contributed by atoms with E-state index in [1.54, 1.807) is 0 Å².